The van der Waals surface area contributed by atoms with Gasteiger partial charge in [-0.25, -0.2) is 18.4 Å². The largest absolute Gasteiger partial charge is 0.378 e. The van der Waals surface area contributed by atoms with Crippen LogP contribution >= 0.6 is 0 Å². The lowest BCUT2D eigenvalue weighted by molar-refractivity contribution is 0.0956. The lowest BCUT2D eigenvalue weighted by atomic mass is 10.1. The van der Waals surface area contributed by atoms with E-state index < -0.39 is 23.1 Å². The fourth-order valence-corrected chi connectivity index (χ4v) is 6.22. The molecular weight excluding hydrogens is 658 g/mol. The molecule has 1 aliphatic heterocycles. The van der Waals surface area contributed by atoms with Crippen molar-refractivity contribution >= 4 is 40.3 Å². The molecule has 0 bridgehead atoms. The molecule has 0 radical (unpaired) electrons. The average Bonchev–Trinajstić information content (AvgIpc) is 3.32. The Morgan fingerprint density at radius 2 is 1.75 bits per heavy atom. The predicted molar refractivity (Wildman–Crippen MR) is 193 cm³/mol. The van der Waals surface area contributed by atoms with E-state index in [4.69, 9.17) is 9.72 Å². The van der Waals surface area contributed by atoms with E-state index in [1.54, 1.807) is 36.9 Å². The van der Waals surface area contributed by atoms with E-state index in [1.165, 1.54) is 15.4 Å². The maximum Gasteiger partial charge on any atom is 0.280 e. The molecule has 0 saturated carbocycles. The van der Waals surface area contributed by atoms with Crippen molar-refractivity contribution in [1.82, 2.24) is 29.2 Å². The Bertz CT molecular complexity index is 2250. The molecule has 0 aliphatic carbocycles. The zero-order valence-electron chi connectivity index (χ0n) is 29.2. The van der Waals surface area contributed by atoms with Crippen LogP contribution in [0.5, 0.6) is 0 Å². The number of carbonyl (C=O) groups excluding carboxylic acids is 1. The van der Waals surface area contributed by atoms with Gasteiger partial charge in [0.1, 0.15) is 11.2 Å². The smallest absolute Gasteiger partial charge is 0.280 e. The summed E-state index contributed by atoms with van der Waals surface area (Å²) in [5.74, 6) is -2.24. The number of fused-ring (bicyclic) bond motifs is 1. The number of carbonyl (C=O) groups is 1. The third-order valence-electron chi connectivity index (χ3n) is 9.14. The van der Waals surface area contributed by atoms with E-state index in [0.717, 1.165) is 36.6 Å². The van der Waals surface area contributed by atoms with Gasteiger partial charge in [0.05, 0.1) is 19.8 Å². The van der Waals surface area contributed by atoms with Gasteiger partial charge in [0.15, 0.2) is 11.6 Å². The Balaban J connectivity index is 1.18. The van der Waals surface area contributed by atoms with Crippen LogP contribution < -0.4 is 26.7 Å². The van der Waals surface area contributed by atoms with Crippen LogP contribution in [-0.2, 0) is 18.3 Å². The number of anilines is 3. The van der Waals surface area contributed by atoms with E-state index in [9.17, 15) is 23.2 Å². The third-order valence-corrected chi connectivity index (χ3v) is 9.14. The number of hydrogen-bond acceptors (Lipinski definition) is 8. The minimum absolute atomic E-state index is 0.0397. The summed E-state index contributed by atoms with van der Waals surface area (Å²) in [7, 11) is 1.61. The monoisotopic (exact) mass is 698 g/mol. The molecule has 266 valence electrons. The number of nitrogens with zero attached hydrogens (tertiary/aromatic N) is 6. The quantitative estimate of drug-likeness (QED) is 0.212. The molecule has 1 fully saturated rings. The van der Waals surface area contributed by atoms with Crippen molar-refractivity contribution < 1.29 is 18.3 Å². The number of hydrogen-bond donors (Lipinski definition) is 2. The number of aromatic nitrogens is 5. The summed E-state index contributed by atoms with van der Waals surface area (Å²) >= 11 is 0. The second-order valence-electron chi connectivity index (χ2n) is 12.7. The van der Waals surface area contributed by atoms with Crippen LogP contribution in [-0.4, -0.2) is 62.7 Å². The van der Waals surface area contributed by atoms with Gasteiger partial charge in [-0.2, -0.15) is 4.98 Å². The van der Waals surface area contributed by atoms with Crippen molar-refractivity contribution in [2.75, 3.05) is 43.1 Å². The highest BCUT2D eigenvalue weighted by Gasteiger charge is 2.22. The van der Waals surface area contributed by atoms with Crippen molar-refractivity contribution in [3.05, 3.63) is 115 Å². The van der Waals surface area contributed by atoms with Crippen LogP contribution in [0.3, 0.4) is 0 Å². The Labute approximate surface area is 293 Å². The minimum Gasteiger partial charge on any atom is -0.378 e. The molecule has 0 spiro atoms. The van der Waals surface area contributed by atoms with E-state index in [2.05, 4.69) is 20.5 Å². The maximum atomic E-state index is 13.8. The molecule has 0 atom stereocenters. The zero-order valence-corrected chi connectivity index (χ0v) is 29.2. The molecule has 1 aliphatic rings. The van der Waals surface area contributed by atoms with Gasteiger partial charge in [-0.05, 0) is 75.2 Å². The lowest BCUT2D eigenvalue weighted by Gasteiger charge is -2.28. The molecule has 12 nitrogen and oxygen atoms in total. The molecule has 1 saturated heterocycles. The minimum atomic E-state index is -1.02. The first-order valence-electron chi connectivity index (χ1n) is 16.7. The highest BCUT2D eigenvalue weighted by atomic mass is 19.2. The van der Waals surface area contributed by atoms with E-state index in [1.807, 2.05) is 45.0 Å². The molecule has 0 unspecified atom stereocenters. The van der Waals surface area contributed by atoms with Crippen molar-refractivity contribution in [1.29, 1.82) is 0 Å². The van der Waals surface area contributed by atoms with Gasteiger partial charge in [0, 0.05) is 66.9 Å². The van der Waals surface area contributed by atoms with E-state index in [0.29, 0.717) is 52.6 Å². The van der Waals surface area contributed by atoms with Gasteiger partial charge >= 0.3 is 0 Å². The van der Waals surface area contributed by atoms with Crippen molar-refractivity contribution in [3.8, 4) is 0 Å². The first-order valence-corrected chi connectivity index (χ1v) is 16.7. The standard InChI is InChI=1S/C37H40F2N8O4/c1-22(2)47-33-29(20-41-37(43-33)42-26-9-11-27(12-10-26)45-15-17-51-18-16-45)23(3)28(35(47)49)7-6-14-40-34(48)32-24(4)44(5)46(36(32)50)21-25-8-13-30(38)31(39)19-25/h6-13,19-20,22H,14-18,21H2,1-5H3,(H,40,48)(H,41,42,43). The van der Waals surface area contributed by atoms with Crippen LogP contribution in [0.2, 0.25) is 0 Å². The van der Waals surface area contributed by atoms with Crippen LogP contribution in [0.15, 0.2) is 64.3 Å². The molecule has 3 aromatic heterocycles. The van der Waals surface area contributed by atoms with Crippen LogP contribution in [0.4, 0.5) is 26.1 Å². The van der Waals surface area contributed by atoms with Gasteiger partial charge in [0.2, 0.25) is 5.95 Å². The third kappa shape index (κ3) is 7.17. The molecule has 2 N–H and O–H groups in total. The summed E-state index contributed by atoms with van der Waals surface area (Å²) in [5.41, 5.74) is 3.46. The number of nitrogens with one attached hydrogen (secondary N) is 2. The average molecular weight is 699 g/mol. The topological polar surface area (TPSA) is 128 Å². The molecule has 1 amide bonds. The molecule has 51 heavy (non-hydrogen) atoms. The number of amides is 1. The Hall–Kier alpha value is -5.63. The number of rotatable bonds is 10. The Kier molecular flexibility index (Phi) is 10.1. The van der Waals surface area contributed by atoms with Crippen molar-refractivity contribution in [2.24, 2.45) is 7.05 Å². The van der Waals surface area contributed by atoms with Gasteiger partial charge in [-0.15, -0.1) is 0 Å². The molecule has 4 heterocycles. The van der Waals surface area contributed by atoms with E-state index >= 15 is 0 Å². The van der Waals surface area contributed by atoms with Crippen LogP contribution in [0.25, 0.3) is 17.1 Å². The van der Waals surface area contributed by atoms with Gasteiger partial charge < -0.3 is 20.3 Å². The highest BCUT2D eigenvalue weighted by Crippen LogP contribution is 2.25. The zero-order chi connectivity index (χ0) is 36.4. The summed E-state index contributed by atoms with van der Waals surface area (Å²) in [6, 6.07) is 11.2. The fourth-order valence-electron chi connectivity index (χ4n) is 6.22. The number of halogens is 2. The first kappa shape index (κ1) is 35.2. The molecule has 5 aromatic rings. The second-order valence-corrected chi connectivity index (χ2v) is 12.7. The maximum absolute atomic E-state index is 13.8. The summed E-state index contributed by atoms with van der Waals surface area (Å²) in [4.78, 5) is 51.7. The summed E-state index contributed by atoms with van der Waals surface area (Å²) < 4.78 is 37.0. The number of morpholine rings is 1. The van der Waals surface area contributed by atoms with E-state index in [-0.39, 0.29) is 30.3 Å². The number of aryl methyl sites for hydroxylation is 1. The fraction of sp³-hybridized carbons (Fsp3) is 0.324. The molecule has 14 heteroatoms. The predicted octanol–water partition coefficient (Wildman–Crippen LogP) is 4.84. The van der Waals surface area contributed by atoms with Gasteiger partial charge in [0.25, 0.3) is 17.0 Å². The SMILES string of the molecule is Cc1c(C=CCNC(=O)c2c(C)n(C)n(Cc3ccc(F)c(F)c3)c2=O)c(=O)n(C(C)C)c2nc(Nc3ccc(N4CCOCC4)cc3)ncc12. The van der Waals surface area contributed by atoms with Crippen molar-refractivity contribution in [3.63, 3.8) is 0 Å². The highest BCUT2D eigenvalue weighted by molar-refractivity contribution is 5.95. The number of ether oxygens (including phenoxy) is 1. The number of benzene rings is 2. The van der Waals surface area contributed by atoms with Crippen LogP contribution in [0.1, 0.15) is 52.6 Å². The van der Waals surface area contributed by atoms with Crippen LogP contribution in [0, 0.1) is 25.5 Å². The first-order chi connectivity index (χ1) is 24.4. The molecule has 2 aromatic carbocycles. The lowest BCUT2D eigenvalue weighted by Crippen LogP contribution is -2.36. The summed E-state index contributed by atoms with van der Waals surface area (Å²) in [5, 5.41) is 6.69. The summed E-state index contributed by atoms with van der Waals surface area (Å²) in [6.45, 7) is 10.4. The normalized spacial score (nSPS) is 13.5. The molecule has 6 rings (SSSR count). The van der Waals surface area contributed by atoms with Gasteiger partial charge in [-0.3, -0.25) is 23.6 Å². The summed E-state index contributed by atoms with van der Waals surface area (Å²) in [6.07, 6.45) is 4.99. The number of pyridine rings is 1. The second kappa shape index (κ2) is 14.7. The Morgan fingerprint density at radius 3 is 2.43 bits per heavy atom. The van der Waals surface area contributed by atoms with Crippen molar-refractivity contribution in [2.45, 2.75) is 40.3 Å². The molecular formula is C37H40F2N8O4. The van der Waals surface area contributed by atoms with Gasteiger partial charge in [-0.1, -0.05) is 18.2 Å². The Morgan fingerprint density at radius 1 is 1.02 bits per heavy atom.